The minimum absolute atomic E-state index is 0.438. The fraction of sp³-hybridized carbons (Fsp3) is 0.0952. The Labute approximate surface area is 142 Å². The Hall–Kier alpha value is -2.91. The fourth-order valence-electron chi connectivity index (χ4n) is 2.48. The summed E-state index contributed by atoms with van der Waals surface area (Å²) in [5, 5.41) is 15.1. The molecular weight excluding hydrogens is 296 g/mol. The molecule has 0 fully saturated rings. The van der Waals surface area contributed by atoms with Crippen LogP contribution in [-0.4, -0.2) is 10.8 Å². The van der Waals surface area contributed by atoms with Crippen molar-refractivity contribution < 1.29 is 5.11 Å². The Balaban J connectivity index is 1.82. The van der Waals surface area contributed by atoms with Crippen molar-refractivity contribution in [2.45, 2.75) is 12.5 Å². The number of benzene rings is 3. The zero-order valence-electron chi connectivity index (χ0n) is 13.3. The monoisotopic (exact) mass is 316 g/mol. The summed E-state index contributed by atoms with van der Waals surface area (Å²) >= 11 is 0. The maximum atomic E-state index is 10.5. The van der Waals surface area contributed by atoms with E-state index in [1.807, 2.05) is 91.0 Å². The predicted molar refractivity (Wildman–Crippen MR) is 99.1 cm³/mol. The number of nitrogens with zero attached hydrogens (tertiary/aromatic N) is 1. The van der Waals surface area contributed by atoms with Gasteiger partial charge in [0, 0.05) is 6.42 Å². The average Bonchev–Trinajstić information content (AvgIpc) is 2.67. The summed E-state index contributed by atoms with van der Waals surface area (Å²) < 4.78 is 0. The molecule has 0 aliphatic carbocycles. The van der Waals surface area contributed by atoms with Crippen LogP contribution in [0.25, 0.3) is 0 Å². The summed E-state index contributed by atoms with van der Waals surface area (Å²) in [5.41, 5.74) is 6.70. The van der Waals surface area contributed by atoms with E-state index in [4.69, 9.17) is 0 Å². The molecule has 1 atom stereocenters. The van der Waals surface area contributed by atoms with Crippen molar-refractivity contribution in [2.75, 3.05) is 5.43 Å². The van der Waals surface area contributed by atoms with Gasteiger partial charge in [-0.05, 0) is 23.3 Å². The first-order valence-electron chi connectivity index (χ1n) is 7.99. The van der Waals surface area contributed by atoms with Crippen LogP contribution in [0.3, 0.4) is 0 Å². The van der Waals surface area contributed by atoms with Gasteiger partial charge in [-0.1, -0.05) is 78.9 Å². The van der Waals surface area contributed by atoms with Crippen LogP contribution >= 0.6 is 0 Å². The zero-order valence-corrected chi connectivity index (χ0v) is 13.3. The molecule has 120 valence electrons. The van der Waals surface area contributed by atoms with Gasteiger partial charge in [-0.15, -0.1) is 0 Å². The molecule has 0 heterocycles. The van der Waals surface area contributed by atoms with Crippen LogP contribution in [0.1, 0.15) is 23.7 Å². The number of hydrogen-bond acceptors (Lipinski definition) is 3. The number of hydrazone groups is 1. The van der Waals surface area contributed by atoms with E-state index in [1.165, 1.54) is 0 Å². The number of rotatable bonds is 6. The summed E-state index contributed by atoms with van der Waals surface area (Å²) in [5.74, 6) is 0. The molecule has 0 aliphatic heterocycles. The third-order valence-electron chi connectivity index (χ3n) is 3.77. The second-order valence-corrected chi connectivity index (χ2v) is 5.53. The van der Waals surface area contributed by atoms with Gasteiger partial charge in [-0.25, -0.2) is 0 Å². The number of anilines is 1. The normalized spacial score (nSPS) is 12.6. The number of aliphatic hydroxyl groups excluding tert-OH is 1. The van der Waals surface area contributed by atoms with Crippen molar-refractivity contribution in [1.29, 1.82) is 0 Å². The standard InChI is InChI=1S/C21H20N2O/c24-21(18-12-6-2-7-13-18)16-20(17-10-4-1-5-11-17)23-22-19-14-8-3-9-15-19/h1-15,21-22,24H,16H2/b23-20+. The average molecular weight is 316 g/mol. The summed E-state index contributed by atoms with van der Waals surface area (Å²) in [7, 11) is 0. The maximum absolute atomic E-state index is 10.5. The molecule has 0 saturated carbocycles. The quantitative estimate of drug-likeness (QED) is 0.514. The molecular formula is C21H20N2O. The predicted octanol–water partition coefficient (Wildman–Crippen LogP) is 4.63. The van der Waals surface area contributed by atoms with Crippen LogP contribution in [0.4, 0.5) is 5.69 Å². The molecule has 3 rings (SSSR count). The third-order valence-corrected chi connectivity index (χ3v) is 3.77. The molecule has 0 saturated heterocycles. The van der Waals surface area contributed by atoms with Crippen LogP contribution < -0.4 is 5.43 Å². The highest BCUT2D eigenvalue weighted by Crippen LogP contribution is 2.20. The second-order valence-electron chi connectivity index (χ2n) is 5.53. The Bertz CT molecular complexity index is 771. The summed E-state index contributed by atoms with van der Waals surface area (Å²) in [6.07, 6.45) is -0.156. The van der Waals surface area contributed by atoms with E-state index < -0.39 is 6.10 Å². The van der Waals surface area contributed by atoms with Crippen molar-refractivity contribution >= 4 is 11.4 Å². The van der Waals surface area contributed by atoms with Gasteiger partial charge in [0.25, 0.3) is 0 Å². The van der Waals surface area contributed by atoms with Crippen molar-refractivity contribution in [1.82, 2.24) is 0 Å². The number of aliphatic hydroxyl groups is 1. The molecule has 0 aliphatic rings. The smallest absolute Gasteiger partial charge is 0.0846 e. The third kappa shape index (κ3) is 4.31. The van der Waals surface area contributed by atoms with Crippen molar-refractivity contribution in [3.8, 4) is 0 Å². The first kappa shape index (κ1) is 16.0. The van der Waals surface area contributed by atoms with E-state index in [-0.39, 0.29) is 0 Å². The van der Waals surface area contributed by atoms with Crippen molar-refractivity contribution in [3.63, 3.8) is 0 Å². The summed E-state index contributed by atoms with van der Waals surface area (Å²) in [6, 6.07) is 29.4. The first-order valence-corrected chi connectivity index (χ1v) is 7.99. The lowest BCUT2D eigenvalue weighted by Crippen LogP contribution is -2.10. The van der Waals surface area contributed by atoms with E-state index in [0.717, 1.165) is 22.5 Å². The first-order chi connectivity index (χ1) is 11.8. The van der Waals surface area contributed by atoms with E-state index in [1.54, 1.807) is 0 Å². The Kier molecular flexibility index (Phi) is 5.38. The van der Waals surface area contributed by atoms with Crippen LogP contribution in [0.2, 0.25) is 0 Å². The molecule has 3 aromatic carbocycles. The van der Waals surface area contributed by atoms with Crippen LogP contribution in [0.5, 0.6) is 0 Å². The topological polar surface area (TPSA) is 44.6 Å². The van der Waals surface area contributed by atoms with Gasteiger partial charge in [0.1, 0.15) is 0 Å². The molecule has 3 heteroatoms. The fourth-order valence-corrected chi connectivity index (χ4v) is 2.48. The number of para-hydroxylation sites is 1. The molecule has 3 aromatic rings. The molecule has 0 spiro atoms. The number of hydrogen-bond donors (Lipinski definition) is 2. The van der Waals surface area contributed by atoms with E-state index in [9.17, 15) is 5.11 Å². The molecule has 0 radical (unpaired) electrons. The molecule has 0 bridgehead atoms. The van der Waals surface area contributed by atoms with E-state index >= 15 is 0 Å². The Morgan fingerprint density at radius 1 is 0.792 bits per heavy atom. The van der Waals surface area contributed by atoms with Gasteiger partial charge in [0.15, 0.2) is 0 Å². The zero-order chi connectivity index (χ0) is 16.6. The molecule has 3 nitrogen and oxygen atoms in total. The Morgan fingerprint density at radius 3 is 1.96 bits per heavy atom. The largest absolute Gasteiger partial charge is 0.388 e. The second kappa shape index (κ2) is 8.09. The summed E-state index contributed by atoms with van der Waals surface area (Å²) in [6.45, 7) is 0. The lowest BCUT2D eigenvalue weighted by molar-refractivity contribution is 0.186. The van der Waals surface area contributed by atoms with Crippen LogP contribution in [-0.2, 0) is 0 Å². The van der Waals surface area contributed by atoms with Crippen LogP contribution in [0, 0.1) is 0 Å². The molecule has 1 unspecified atom stereocenters. The number of nitrogens with one attached hydrogen (secondary N) is 1. The lowest BCUT2D eigenvalue weighted by atomic mass is 9.99. The van der Waals surface area contributed by atoms with Crippen molar-refractivity contribution in [2.24, 2.45) is 5.10 Å². The highest BCUT2D eigenvalue weighted by Gasteiger charge is 2.13. The van der Waals surface area contributed by atoms with E-state index in [2.05, 4.69) is 10.5 Å². The van der Waals surface area contributed by atoms with Crippen LogP contribution in [0.15, 0.2) is 96.1 Å². The van der Waals surface area contributed by atoms with E-state index in [0.29, 0.717) is 6.42 Å². The highest BCUT2D eigenvalue weighted by molar-refractivity contribution is 6.01. The molecule has 2 N–H and O–H groups in total. The maximum Gasteiger partial charge on any atom is 0.0846 e. The van der Waals surface area contributed by atoms with Gasteiger partial charge in [0.05, 0.1) is 17.5 Å². The van der Waals surface area contributed by atoms with Gasteiger partial charge < -0.3 is 5.11 Å². The minimum Gasteiger partial charge on any atom is -0.388 e. The van der Waals surface area contributed by atoms with Gasteiger partial charge >= 0.3 is 0 Å². The van der Waals surface area contributed by atoms with Gasteiger partial charge in [-0.2, -0.15) is 5.10 Å². The highest BCUT2D eigenvalue weighted by atomic mass is 16.3. The minimum atomic E-state index is -0.595. The summed E-state index contributed by atoms with van der Waals surface area (Å²) in [4.78, 5) is 0. The molecule has 0 amide bonds. The molecule has 0 aromatic heterocycles. The van der Waals surface area contributed by atoms with Gasteiger partial charge in [-0.3, -0.25) is 5.43 Å². The SMILES string of the molecule is OC(C/C(=N\Nc1ccccc1)c1ccccc1)c1ccccc1. The van der Waals surface area contributed by atoms with Gasteiger partial charge in [0.2, 0.25) is 0 Å². The molecule has 24 heavy (non-hydrogen) atoms. The lowest BCUT2D eigenvalue weighted by Gasteiger charge is -2.14. The Morgan fingerprint density at radius 2 is 1.33 bits per heavy atom. The van der Waals surface area contributed by atoms with Crippen molar-refractivity contribution in [3.05, 3.63) is 102 Å².